The van der Waals surface area contributed by atoms with Gasteiger partial charge in [0.15, 0.2) is 0 Å². The number of rotatable bonds is 2. The lowest BCUT2D eigenvalue weighted by Gasteiger charge is -2.24. The van der Waals surface area contributed by atoms with Crippen LogP contribution in [0.3, 0.4) is 0 Å². The molecule has 1 N–H and O–H groups in total. The van der Waals surface area contributed by atoms with Gasteiger partial charge in [-0.25, -0.2) is 10.4 Å². The van der Waals surface area contributed by atoms with E-state index in [0.29, 0.717) is 24.1 Å². The van der Waals surface area contributed by atoms with Crippen molar-refractivity contribution in [2.24, 2.45) is 0 Å². The van der Waals surface area contributed by atoms with Crippen LogP contribution in [0.25, 0.3) is 0 Å². The number of amides is 2. The average molecular weight is 272 g/mol. The first-order chi connectivity index (χ1) is 9.59. The second kappa shape index (κ2) is 4.72. The van der Waals surface area contributed by atoms with Gasteiger partial charge in [0.25, 0.3) is 11.8 Å². The summed E-state index contributed by atoms with van der Waals surface area (Å²) in [5.74, 6) is 0.385. The van der Waals surface area contributed by atoms with Gasteiger partial charge in [-0.15, -0.1) is 0 Å². The SMILES string of the molecule is CC1=C(C)C(=O)N(C2CCN(c3ccccn3)N2)C1=O. The van der Waals surface area contributed by atoms with Gasteiger partial charge in [0.05, 0.1) is 0 Å². The summed E-state index contributed by atoms with van der Waals surface area (Å²) in [6, 6.07) is 5.64. The third kappa shape index (κ3) is 1.89. The highest BCUT2D eigenvalue weighted by Gasteiger charge is 2.41. The Labute approximate surface area is 117 Å². The molecule has 0 radical (unpaired) electrons. The molecule has 3 rings (SSSR count). The van der Waals surface area contributed by atoms with Crippen LogP contribution in [0.5, 0.6) is 0 Å². The zero-order valence-electron chi connectivity index (χ0n) is 11.5. The van der Waals surface area contributed by atoms with Crippen molar-refractivity contribution in [3.63, 3.8) is 0 Å². The Morgan fingerprint density at radius 2 is 1.90 bits per heavy atom. The molecule has 2 amide bonds. The number of hydrogen-bond donors (Lipinski definition) is 1. The number of nitrogens with one attached hydrogen (secondary N) is 1. The van der Waals surface area contributed by atoms with Gasteiger partial charge in [0.1, 0.15) is 12.0 Å². The predicted molar refractivity (Wildman–Crippen MR) is 73.4 cm³/mol. The largest absolute Gasteiger partial charge is 0.290 e. The van der Waals surface area contributed by atoms with Crippen LogP contribution in [0.15, 0.2) is 35.5 Å². The van der Waals surface area contributed by atoms with Crippen LogP contribution in [0.2, 0.25) is 0 Å². The van der Waals surface area contributed by atoms with Gasteiger partial charge in [-0.1, -0.05) is 6.07 Å². The standard InChI is InChI=1S/C14H16N4O2/c1-9-10(2)14(20)18(13(9)19)12-6-8-17(16-12)11-5-3-4-7-15-11/h3-5,7,12,16H,6,8H2,1-2H3. The smallest absolute Gasteiger partial charge is 0.258 e. The Bertz CT molecular complexity index is 572. The van der Waals surface area contributed by atoms with Crippen molar-refractivity contribution < 1.29 is 9.59 Å². The molecule has 1 fully saturated rings. The van der Waals surface area contributed by atoms with Gasteiger partial charge in [-0.3, -0.25) is 19.5 Å². The Morgan fingerprint density at radius 3 is 2.50 bits per heavy atom. The first-order valence-corrected chi connectivity index (χ1v) is 6.59. The molecule has 20 heavy (non-hydrogen) atoms. The maximum atomic E-state index is 12.1. The lowest BCUT2D eigenvalue weighted by atomic mass is 10.2. The molecule has 6 heteroatoms. The summed E-state index contributed by atoms with van der Waals surface area (Å²) in [6.45, 7) is 4.10. The number of hydrogen-bond acceptors (Lipinski definition) is 5. The summed E-state index contributed by atoms with van der Waals surface area (Å²) in [7, 11) is 0. The molecule has 0 aliphatic carbocycles. The number of anilines is 1. The fourth-order valence-electron chi connectivity index (χ4n) is 2.50. The third-order valence-corrected chi connectivity index (χ3v) is 3.81. The summed E-state index contributed by atoms with van der Waals surface area (Å²) in [6.07, 6.45) is 2.10. The minimum Gasteiger partial charge on any atom is -0.290 e. The zero-order chi connectivity index (χ0) is 14.3. The highest BCUT2D eigenvalue weighted by molar-refractivity contribution is 6.18. The van der Waals surface area contributed by atoms with Crippen LogP contribution >= 0.6 is 0 Å². The lowest BCUT2D eigenvalue weighted by Crippen LogP contribution is -2.49. The van der Waals surface area contributed by atoms with Crippen LogP contribution in [-0.2, 0) is 9.59 Å². The molecule has 1 aromatic heterocycles. The van der Waals surface area contributed by atoms with Crippen LogP contribution in [0.4, 0.5) is 5.82 Å². The van der Waals surface area contributed by atoms with E-state index >= 15 is 0 Å². The molecular formula is C14H16N4O2. The van der Waals surface area contributed by atoms with E-state index in [1.807, 2.05) is 23.2 Å². The monoisotopic (exact) mass is 272 g/mol. The molecule has 104 valence electrons. The van der Waals surface area contributed by atoms with E-state index < -0.39 is 0 Å². The van der Waals surface area contributed by atoms with Crippen LogP contribution in [-0.4, -0.2) is 34.4 Å². The minimum atomic E-state index is -0.301. The molecule has 0 saturated carbocycles. The van der Waals surface area contributed by atoms with Gasteiger partial charge < -0.3 is 0 Å². The molecule has 1 saturated heterocycles. The molecule has 1 atom stereocenters. The zero-order valence-corrected chi connectivity index (χ0v) is 11.5. The molecule has 0 spiro atoms. The summed E-state index contributed by atoms with van der Waals surface area (Å²) in [4.78, 5) is 29.8. The van der Waals surface area contributed by atoms with Gasteiger partial charge in [-0.05, 0) is 26.0 Å². The van der Waals surface area contributed by atoms with Crippen molar-refractivity contribution in [1.29, 1.82) is 0 Å². The second-order valence-corrected chi connectivity index (χ2v) is 5.00. The van der Waals surface area contributed by atoms with E-state index in [2.05, 4.69) is 10.4 Å². The van der Waals surface area contributed by atoms with E-state index in [-0.39, 0.29) is 18.0 Å². The average Bonchev–Trinajstić information content (AvgIpc) is 3.02. The quantitative estimate of drug-likeness (QED) is 0.808. The van der Waals surface area contributed by atoms with Crippen molar-refractivity contribution in [3.05, 3.63) is 35.5 Å². The topological polar surface area (TPSA) is 65.5 Å². The first-order valence-electron chi connectivity index (χ1n) is 6.59. The molecule has 2 aliphatic heterocycles. The number of nitrogens with zero attached hydrogens (tertiary/aromatic N) is 3. The Kier molecular flexibility index (Phi) is 3.02. The Hall–Kier alpha value is -2.21. The number of aromatic nitrogens is 1. The number of pyridine rings is 1. The molecule has 1 aromatic rings. The highest BCUT2D eigenvalue weighted by Crippen LogP contribution is 2.25. The maximum Gasteiger partial charge on any atom is 0.258 e. The lowest BCUT2D eigenvalue weighted by molar-refractivity contribution is -0.140. The van der Waals surface area contributed by atoms with Crippen molar-refractivity contribution in [1.82, 2.24) is 15.3 Å². The fourth-order valence-corrected chi connectivity index (χ4v) is 2.50. The molecule has 2 aliphatic rings. The maximum absolute atomic E-state index is 12.1. The molecule has 1 unspecified atom stereocenters. The number of imide groups is 1. The van der Waals surface area contributed by atoms with Gasteiger partial charge >= 0.3 is 0 Å². The van der Waals surface area contributed by atoms with E-state index in [1.165, 1.54) is 4.90 Å². The predicted octanol–water partition coefficient (Wildman–Crippen LogP) is 0.828. The van der Waals surface area contributed by atoms with Crippen molar-refractivity contribution in [2.75, 3.05) is 11.6 Å². The molecule has 0 aromatic carbocycles. The van der Waals surface area contributed by atoms with Crippen LogP contribution < -0.4 is 10.4 Å². The van der Waals surface area contributed by atoms with E-state index in [0.717, 1.165) is 5.82 Å². The van der Waals surface area contributed by atoms with Crippen molar-refractivity contribution in [2.45, 2.75) is 26.4 Å². The Balaban J connectivity index is 1.76. The summed E-state index contributed by atoms with van der Waals surface area (Å²) in [5.41, 5.74) is 4.25. The van der Waals surface area contributed by atoms with Gasteiger partial charge in [0.2, 0.25) is 0 Å². The van der Waals surface area contributed by atoms with Crippen LogP contribution in [0, 0.1) is 0 Å². The molecule has 6 nitrogen and oxygen atoms in total. The van der Waals surface area contributed by atoms with E-state index in [1.54, 1.807) is 20.0 Å². The minimum absolute atomic E-state index is 0.201. The summed E-state index contributed by atoms with van der Waals surface area (Å²) < 4.78 is 0. The molecule has 3 heterocycles. The third-order valence-electron chi connectivity index (χ3n) is 3.81. The van der Waals surface area contributed by atoms with Crippen LogP contribution in [0.1, 0.15) is 20.3 Å². The van der Waals surface area contributed by atoms with E-state index in [4.69, 9.17) is 0 Å². The van der Waals surface area contributed by atoms with Gasteiger partial charge in [-0.2, -0.15) is 0 Å². The fraction of sp³-hybridized carbons (Fsp3) is 0.357. The first kappa shape index (κ1) is 12.8. The highest BCUT2D eigenvalue weighted by atomic mass is 16.2. The van der Waals surface area contributed by atoms with E-state index in [9.17, 15) is 9.59 Å². The molecule has 0 bridgehead atoms. The van der Waals surface area contributed by atoms with Gasteiger partial charge in [0, 0.05) is 30.3 Å². The molecular weight excluding hydrogens is 256 g/mol. The van der Waals surface area contributed by atoms with Crippen molar-refractivity contribution in [3.8, 4) is 0 Å². The number of carbonyl (C=O) groups is 2. The normalized spacial score (nSPS) is 23.2. The second-order valence-electron chi connectivity index (χ2n) is 5.00. The summed E-state index contributed by atoms with van der Waals surface area (Å²) in [5, 5.41) is 1.87. The Morgan fingerprint density at radius 1 is 1.20 bits per heavy atom. The summed E-state index contributed by atoms with van der Waals surface area (Å²) >= 11 is 0. The van der Waals surface area contributed by atoms with Crippen molar-refractivity contribution >= 4 is 17.6 Å². The number of carbonyl (C=O) groups excluding carboxylic acids is 2. The number of hydrazine groups is 1.